The highest BCUT2D eigenvalue weighted by Crippen LogP contribution is 2.34. The molecular formula is C19H14BrF3N4O4. The minimum absolute atomic E-state index is 0.0105. The van der Waals surface area contributed by atoms with Crippen LogP contribution in [0.5, 0.6) is 11.5 Å². The maximum Gasteiger partial charge on any atom is 0.416 e. The van der Waals surface area contributed by atoms with Crippen LogP contribution < -0.4 is 10.1 Å². The summed E-state index contributed by atoms with van der Waals surface area (Å²) in [5.74, 6) is -0.933. The number of carbonyl (C=O) groups is 1. The third-order valence-electron chi connectivity index (χ3n) is 4.23. The molecule has 162 valence electrons. The number of carbonyl (C=O) groups excluding carboxylic acids is 1. The van der Waals surface area contributed by atoms with Crippen LogP contribution >= 0.6 is 15.9 Å². The van der Waals surface area contributed by atoms with Gasteiger partial charge in [-0.1, -0.05) is 6.07 Å². The Balaban J connectivity index is 1.92. The molecule has 0 saturated carbocycles. The molecule has 0 aliphatic rings. The van der Waals surface area contributed by atoms with E-state index in [1.54, 1.807) is 14.0 Å². The Labute approximate surface area is 181 Å². The molecule has 31 heavy (non-hydrogen) atoms. The third kappa shape index (κ3) is 5.02. The van der Waals surface area contributed by atoms with Crippen LogP contribution in [0.15, 0.2) is 46.9 Å². The zero-order valence-electron chi connectivity index (χ0n) is 16.0. The number of non-ortho nitro benzene ring substituents is 1. The summed E-state index contributed by atoms with van der Waals surface area (Å²) in [6.45, 7) is 1.74. The zero-order chi connectivity index (χ0) is 22.9. The van der Waals surface area contributed by atoms with E-state index in [0.29, 0.717) is 10.2 Å². The fourth-order valence-electron chi connectivity index (χ4n) is 2.61. The number of aromatic nitrogens is 2. The molecule has 1 N–H and O–H groups in total. The second-order valence-electron chi connectivity index (χ2n) is 6.43. The van der Waals surface area contributed by atoms with Crippen LogP contribution in [0.1, 0.15) is 21.7 Å². The highest BCUT2D eigenvalue weighted by Gasteiger charge is 2.30. The molecule has 0 spiro atoms. The summed E-state index contributed by atoms with van der Waals surface area (Å²) in [5.41, 5.74) is -0.587. The van der Waals surface area contributed by atoms with Gasteiger partial charge in [-0.05, 0) is 41.1 Å². The number of aryl methyl sites for hydroxylation is 1. The molecule has 12 heteroatoms. The second kappa shape index (κ2) is 8.38. The molecule has 0 aliphatic carbocycles. The number of benzene rings is 2. The largest absolute Gasteiger partial charge is 0.457 e. The molecule has 0 bridgehead atoms. The van der Waals surface area contributed by atoms with E-state index < -0.39 is 28.3 Å². The first kappa shape index (κ1) is 22.3. The predicted octanol–water partition coefficient (Wildman–Crippen LogP) is 5.46. The summed E-state index contributed by atoms with van der Waals surface area (Å²) in [6, 6.07) is 7.47. The molecule has 1 heterocycles. The van der Waals surface area contributed by atoms with Gasteiger partial charge < -0.3 is 10.1 Å². The second-order valence-corrected chi connectivity index (χ2v) is 7.22. The lowest BCUT2D eigenvalue weighted by Gasteiger charge is -2.11. The molecule has 0 atom stereocenters. The van der Waals surface area contributed by atoms with Gasteiger partial charge in [0.05, 0.1) is 32.4 Å². The Morgan fingerprint density at radius 2 is 1.94 bits per heavy atom. The zero-order valence-corrected chi connectivity index (χ0v) is 17.6. The first-order valence-corrected chi connectivity index (χ1v) is 9.40. The third-order valence-corrected chi connectivity index (χ3v) is 5.18. The standard InChI is InChI=1S/C19H14BrF3N4O4/c1-10-16(20)17(25-26(10)2)18(28)24-12-7-13(27(29)30)9-15(8-12)31-14-5-3-4-11(6-14)19(21,22)23/h3-9H,1-2H3,(H,24,28). The maximum atomic E-state index is 12.9. The van der Waals surface area contributed by atoms with Gasteiger partial charge >= 0.3 is 6.18 Å². The van der Waals surface area contributed by atoms with Crippen LogP contribution in [0.4, 0.5) is 24.5 Å². The van der Waals surface area contributed by atoms with Crippen molar-refractivity contribution in [1.82, 2.24) is 9.78 Å². The Bertz CT molecular complexity index is 1180. The quantitative estimate of drug-likeness (QED) is 0.371. The summed E-state index contributed by atoms with van der Waals surface area (Å²) in [6.07, 6.45) is -4.57. The minimum Gasteiger partial charge on any atom is -0.457 e. The van der Waals surface area contributed by atoms with Gasteiger partial charge in [0.15, 0.2) is 5.69 Å². The number of alkyl halides is 3. The topological polar surface area (TPSA) is 99.3 Å². The van der Waals surface area contributed by atoms with Gasteiger partial charge in [-0.2, -0.15) is 18.3 Å². The molecule has 1 aromatic heterocycles. The van der Waals surface area contributed by atoms with E-state index in [4.69, 9.17) is 4.74 Å². The van der Waals surface area contributed by atoms with Gasteiger partial charge in [0.1, 0.15) is 11.5 Å². The van der Waals surface area contributed by atoms with Crippen molar-refractivity contribution in [2.24, 2.45) is 7.05 Å². The molecule has 3 aromatic rings. The number of amides is 1. The van der Waals surface area contributed by atoms with Gasteiger partial charge in [-0.3, -0.25) is 19.6 Å². The van der Waals surface area contributed by atoms with Crippen molar-refractivity contribution in [2.45, 2.75) is 13.1 Å². The number of hydrogen-bond acceptors (Lipinski definition) is 5. The molecule has 0 saturated heterocycles. The fraction of sp³-hybridized carbons (Fsp3) is 0.158. The molecule has 1 amide bonds. The van der Waals surface area contributed by atoms with E-state index in [1.807, 2.05) is 0 Å². The number of nitrogens with zero attached hydrogens (tertiary/aromatic N) is 3. The smallest absolute Gasteiger partial charge is 0.416 e. The molecular weight excluding hydrogens is 485 g/mol. The molecule has 0 fully saturated rings. The lowest BCUT2D eigenvalue weighted by atomic mass is 10.2. The molecule has 0 unspecified atom stereocenters. The van der Waals surface area contributed by atoms with Crippen LogP contribution in [0.3, 0.4) is 0 Å². The number of anilines is 1. The maximum absolute atomic E-state index is 12.9. The van der Waals surface area contributed by atoms with Crippen molar-refractivity contribution >= 4 is 33.2 Å². The molecule has 2 aromatic carbocycles. The SMILES string of the molecule is Cc1c(Br)c(C(=O)Nc2cc(Oc3cccc(C(F)(F)F)c3)cc([N+](=O)[O-])c2)nn1C. The van der Waals surface area contributed by atoms with E-state index in [1.165, 1.54) is 16.8 Å². The van der Waals surface area contributed by atoms with Gasteiger partial charge in [-0.25, -0.2) is 0 Å². The number of nitro groups is 1. The van der Waals surface area contributed by atoms with Crippen LogP contribution in [-0.4, -0.2) is 20.6 Å². The number of halogens is 4. The highest BCUT2D eigenvalue weighted by atomic mass is 79.9. The molecule has 0 aliphatic heterocycles. The Morgan fingerprint density at radius 3 is 2.52 bits per heavy atom. The van der Waals surface area contributed by atoms with E-state index in [9.17, 15) is 28.1 Å². The van der Waals surface area contributed by atoms with Crippen molar-refractivity contribution in [2.75, 3.05) is 5.32 Å². The first-order chi connectivity index (χ1) is 14.5. The van der Waals surface area contributed by atoms with E-state index in [0.717, 1.165) is 30.3 Å². The van der Waals surface area contributed by atoms with Gasteiger partial charge in [0.25, 0.3) is 11.6 Å². The molecule has 8 nitrogen and oxygen atoms in total. The minimum atomic E-state index is -4.57. The monoisotopic (exact) mass is 498 g/mol. The first-order valence-electron chi connectivity index (χ1n) is 8.60. The summed E-state index contributed by atoms with van der Waals surface area (Å²) in [7, 11) is 1.64. The Hall–Kier alpha value is -3.41. The van der Waals surface area contributed by atoms with Crippen molar-refractivity contribution in [3.63, 3.8) is 0 Å². The van der Waals surface area contributed by atoms with Crippen LogP contribution in [0.25, 0.3) is 0 Å². The highest BCUT2D eigenvalue weighted by molar-refractivity contribution is 9.10. The van der Waals surface area contributed by atoms with Crippen molar-refractivity contribution in [3.05, 3.63) is 74.0 Å². The lowest BCUT2D eigenvalue weighted by Crippen LogP contribution is -2.14. The van der Waals surface area contributed by atoms with Crippen LogP contribution in [0.2, 0.25) is 0 Å². The van der Waals surface area contributed by atoms with Crippen molar-refractivity contribution in [3.8, 4) is 11.5 Å². The number of rotatable bonds is 5. The Kier molecular flexibility index (Phi) is 6.02. The van der Waals surface area contributed by atoms with E-state index >= 15 is 0 Å². The molecule has 0 radical (unpaired) electrons. The summed E-state index contributed by atoms with van der Waals surface area (Å²) < 4.78 is 46.0. The van der Waals surface area contributed by atoms with E-state index in [-0.39, 0.29) is 22.9 Å². The Morgan fingerprint density at radius 1 is 1.23 bits per heavy atom. The van der Waals surface area contributed by atoms with Crippen LogP contribution in [-0.2, 0) is 13.2 Å². The van der Waals surface area contributed by atoms with Gasteiger partial charge in [0.2, 0.25) is 0 Å². The van der Waals surface area contributed by atoms with Crippen LogP contribution in [0, 0.1) is 17.0 Å². The number of hydrogen-bond donors (Lipinski definition) is 1. The fourth-order valence-corrected chi connectivity index (χ4v) is 3.13. The summed E-state index contributed by atoms with van der Waals surface area (Å²) >= 11 is 3.27. The van der Waals surface area contributed by atoms with Gasteiger partial charge in [0, 0.05) is 19.2 Å². The lowest BCUT2D eigenvalue weighted by molar-refractivity contribution is -0.384. The number of nitro benzene ring substituents is 1. The average Bonchev–Trinajstić information content (AvgIpc) is 2.95. The van der Waals surface area contributed by atoms with Gasteiger partial charge in [-0.15, -0.1) is 0 Å². The normalized spacial score (nSPS) is 11.3. The number of nitrogens with one attached hydrogen (secondary N) is 1. The van der Waals surface area contributed by atoms with Crippen molar-refractivity contribution in [1.29, 1.82) is 0 Å². The van der Waals surface area contributed by atoms with Crippen molar-refractivity contribution < 1.29 is 27.6 Å². The summed E-state index contributed by atoms with van der Waals surface area (Å²) in [5, 5.41) is 17.8. The molecule has 3 rings (SSSR count). The van der Waals surface area contributed by atoms with E-state index in [2.05, 4.69) is 26.3 Å². The average molecular weight is 499 g/mol. The summed E-state index contributed by atoms with van der Waals surface area (Å²) in [4.78, 5) is 23.1. The predicted molar refractivity (Wildman–Crippen MR) is 108 cm³/mol. The number of ether oxygens (including phenoxy) is 1.